The van der Waals surface area contributed by atoms with Crippen LogP contribution in [0.4, 0.5) is 11.4 Å². The first-order valence-corrected chi connectivity index (χ1v) is 13.2. The number of amidine groups is 2. The fraction of sp³-hybridized carbons (Fsp3) is 0.133. The van der Waals surface area contributed by atoms with Gasteiger partial charge in [0.2, 0.25) is 0 Å². The van der Waals surface area contributed by atoms with Crippen LogP contribution in [-0.4, -0.2) is 18.2 Å². The van der Waals surface area contributed by atoms with Gasteiger partial charge >= 0.3 is 0 Å². The molecule has 39 heavy (non-hydrogen) atoms. The molecule has 4 N–H and O–H groups in total. The second-order valence-corrected chi connectivity index (χ2v) is 9.58. The van der Waals surface area contributed by atoms with Gasteiger partial charge in [-0.3, -0.25) is 10.8 Å². The van der Waals surface area contributed by atoms with Gasteiger partial charge in [0.1, 0.15) is 11.7 Å². The molecule has 0 heterocycles. The molecule has 0 aromatic heterocycles. The van der Waals surface area contributed by atoms with Crippen molar-refractivity contribution in [2.24, 2.45) is 10.3 Å². The van der Waals surface area contributed by atoms with E-state index in [2.05, 4.69) is 21.0 Å². The summed E-state index contributed by atoms with van der Waals surface area (Å²) in [5, 5.41) is 34.8. The van der Waals surface area contributed by atoms with Gasteiger partial charge in [0.15, 0.2) is 0 Å². The molecule has 0 radical (unpaired) electrons. The Morgan fingerprint density at radius 2 is 1.10 bits per heavy atom. The molecular formula is C30H29Cl2N7. The molecular weight excluding hydrogens is 529 g/mol. The average molecular weight is 559 g/mol. The molecule has 0 bridgehead atoms. The highest BCUT2D eigenvalue weighted by molar-refractivity contribution is 6.30. The smallest absolute Gasteiger partial charge is 0.125 e. The third kappa shape index (κ3) is 8.14. The summed E-state index contributed by atoms with van der Waals surface area (Å²) in [4.78, 5) is 0. The van der Waals surface area contributed by atoms with Crippen LogP contribution in [0.1, 0.15) is 29.2 Å². The molecule has 0 unspecified atom stereocenters. The van der Waals surface area contributed by atoms with Crippen LogP contribution < -0.4 is 15.6 Å². The molecule has 0 spiro atoms. The quantitative estimate of drug-likeness (QED) is 0.0693. The summed E-state index contributed by atoms with van der Waals surface area (Å²) in [6, 6.07) is 30.1. The third-order valence-corrected chi connectivity index (χ3v) is 6.45. The van der Waals surface area contributed by atoms with Gasteiger partial charge in [0.25, 0.3) is 0 Å². The summed E-state index contributed by atoms with van der Waals surface area (Å²) < 4.78 is 0. The molecule has 198 valence electrons. The maximum absolute atomic E-state index is 8.35. The highest BCUT2D eigenvalue weighted by Gasteiger charge is 2.07. The number of halogens is 2. The molecule has 0 aliphatic heterocycles. The minimum absolute atomic E-state index is 0.330. The molecule has 0 fully saturated rings. The Morgan fingerprint density at radius 3 is 1.54 bits per heavy atom. The van der Waals surface area contributed by atoms with Crippen LogP contribution in [0.25, 0.3) is 0 Å². The van der Waals surface area contributed by atoms with E-state index in [1.165, 1.54) is 0 Å². The van der Waals surface area contributed by atoms with Crippen LogP contribution in [0.15, 0.2) is 107 Å². The van der Waals surface area contributed by atoms with E-state index in [4.69, 9.17) is 34.0 Å². The zero-order chi connectivity index (χ0) is 27.6. The van der Waals surface area contributed by atoms with Gasteiger partial charge in [-0.2, -0.15) is 0 Å². The normalized spacial score (nSPS) is 10.8. The monoisotopic (exact) mass is 557 g/mol. The van der Waals surface area contributed by atoms with E-state index in [0.717, 1.165) is 27.9 Å². The van der Waals surface area contributed by atoms with E-state index in [1.54, 1.807) is 5.01 Å². The SMILES string of the molecule is CCN(/N=N/c1ccc(C(=N)NCc2ccc(Cl)cc2)cc1)c1ccc(C(=N)NCc2ccc(Cl)cc2)cc1. The van der Waals surface area contributed by atoms with Gasteiger partial charge in [-0.15, -0.1) is 5.11 Å². The molecule has 7 nitrogen and oxygen atoms in total. The lowest BCUT2D eigenvalue weighted by Gasteiger charge is -2.16. The van der Waals surface area contributed by atoms with Crippen molar-refractivity contribution >= 4 is 46.2 Å². The summed E-state index contributed by atoms with van der Waals surface area (Å²) in [6.45, 7) is 3.72. The molecule has 9 heteroatoms. The number of rotatable bonds is 10. The summed E-state index contributed by atoms with van der Waals surface area (Å²) in [7, 11) is 0. The van der Waals surface area contributed by atoms with E-state index in [1.807, 2.05) is 104 Å². The van der Waals surface area contributed by atoms with Gasteiger partial charge in [-0.05, 0) is 90.8 Å². The zero-order valence-electron chi connectivity index (χ0n) is 21.5. The highest BCUT2D eigenvalue weighted by atomic mass is 35.5. The molecule has 0 amide bonds. The summed E-state index contributed by atoms with van der Waals surface area (Å²) in [5.41, 5.74) is 5.21. The third-order valence-electron chi connectivity index (χ3n) is 5.94. The van der Waals surface area contributed by atoms with Crippen LogP contribution in [0.2, 0.25) is 10.0 Å². The summed E-state index contributed by atoms with van der Waals surface area (Å²) in [5.74, 6) is 0.673. The average Bonchev–Trinajstić information content (AvgIpc) is 2.97. The van der Waals surface area contributed by atoms with Crippen molar-refractivity contribution in [3.05, 3.63) is 129 Å². The van der Waals surface area contributed by atoms with Gasteiger partial charge in [-0.25, -0.2) is 5.01 Å². The van der Waals surface area contributed by atoms with Crippen molar-refractivity contribution < 1.29 is 0 Å². The molecule has 4 aromatic rings. The number of benzene rings is 4. The molecule has 0 aliphatic carbocycles. The fourth-order valence-electron chi connectivity index (χ4n) is 3.69. The van der Waals surface area contributed by atoms with E-state index < -0.39 is 0 Å². The van der Waals surface area contributed by atoms with Gasteiger partial charge in [-0.1, -0.05) is 52.7 Å². The maximum atomic E-state index is 8.35. The minimum atomic E-state index is 0.330. The van der Waals surface area contributed by atoms with Crippen molar-refractivity contribution in [1.82, 2.24) is 10.6 Å². The lowest BCUT2D eigenvalue weighted by Crippen LogP contribution is -2.23. The van der Waals surface area contributed by atoms with Crippen molar-refractivity contribution in [2.45, 2.75) is 20.0 Å². The van der Waals surface area contributed by atoms with Crippen LogP contribution in [-0.2, 0) is 13.1 Å². The number of hydrogen-bond acceptors (Lipinski definition) is 4. The van der Waals surface area contributed by atoms with E-state index in [-0.39, 0.29) is 0 Å². The van der Waals surface area contributed by atoms with Crippen LogP contribution in [0, 0.1) is 10.8 Å². The molecule has 0 atom stereocenters. The Kier molecular flexibility index (Phi) is 9.67. The fourth-order valence-corrected chi connectivity index (χ4v) is 3.94. The Labute approximate surface area is 238 Å². The van der Waals surface area contributed by atoms with Crippen molar-refractivity contribution in [3.63, 3.8) is 0 Å². The topological polar surface area (TPSA) is 99.7 Å². The Balaban J connectivity index is 1.30. The first-order chi connectivity index (χ1) is 18.9. The summed E-state index contributed by atoms with van der Waals surface area (Å²) >= 11 is 11.9. The van der Waals surface area contributed by atoms with Crippen LogP contribution >= 0.6 is 23.2 Å². The van der Waals surface area contributed by atoms with Crippen LogP contribution in [0.5, 0.6) is 0 Å². The number of nitrogens with zero attached hydrogens (tertiary/aromatic N) is 3. The lowest BCUT2D eigenvalue weighted by molar-refractivity contribution is 0.834. The van der Waals surface area contributed by atoms with Crippen LogP contribution in [0.3, 0.4) is 0 Å². The Hall–Kier alpha value is -4.20. The Bertz CT molecular complexity index is 1420. The van der Waals surface area contributed by atoms with E-state index >= 15 is 0 Å². The second kappa shape index (κ2) is 13.6. The first-order valence-electron chi connectivity index (χ1n) is 12.4. The summed E-state index contributed by atoms with van der Waals surface area (Å²) in [6.07, 6.45) is 0. The first kappa shape index (κ1) is 27.8. The largest absolute Gasteiger partial charge is 0.366 e. The molecule has 4 aromatic carbocycles. The van der Waals surface area contributed by atoms with Gasteiger partial charge < -0.3 is 10.6 Å². The highest BCUT2D eigenvalue weighted by Crippen LogP contribution is 2.20. The van der Waals surface area contributed by atoms with Crippen molar-refractivity contribution in [3.8, 4) is 0 Å². The predicted molar refractivity (Wildman–Crippen MR) is 161 cm³/mol. The van der Waals surface area contributed by atoms with Gasteiger partial charge in [0, 0.05) is 40.8 Å². The number of nitrogens with one attached hydrogen (secondary N) is 4. The molecule has 4 rings (SSSR count). The van der Waals surface area contributed by atoms with E-state index in [0.29, 0.717) is 47.0 Å². The number of anilines is 1. The Morgan fingerprint density at radius 1 is 0.667 bits per heavy atom. The molecule has 0 saturated heterocycles. The van der Waals surface area contributed by atoms with Crippen molar-refractivity contribution in [2.75, 3.05) is 11.6 Å². The molecule has 0 saturated carbocycles. The standard InChI is InChI=1S/C30H29Cl2N7/c1-2-39(28-17-9-24(10-18-28)30(34)36-20-22-5-13-26(32)14-6-22)38-37-27-15-7-23(8-16-27)29(33)35-19-21-3-11-25(31)12-4-21/h3-18H,2,19-20H2,1H3,(H2,33,35)(H2,34,36)/b38-37+. The predicted octanol–water partition coefficient (Wildman–Crippen LogP) is 7.75. The number of hydrogen-bond donors (Lipinski definition) is 4. The van der Waals surface area contributed by atoms with E-state index in [9.17, 15) is 0 Å². The maximum Gasteiger partial charge on any atom is 0.125 e. The second-order valence-electron chi connectivity index (χ2n) is 8.71. The molecule has 0 aliphatic rings. The zero-order valence-corrected chi connectivity index (χ0v) is 23.0. The van der Waals surface area contributed by atoms with Crippen molar-refractivity contribution in [1.29, 1.82) is 10.8 Å². The van der Waals surface area contributed by atoms with Gasteiger partial charge in [0.05, 0.1) is 11.4 Å². The minimum Gasteiger partial charge on any atom is -0.366 e. The lowest BCUT2D eigenvalue weighted by atomic mass is 10.1.